The second-order valence-corrected chi connectivity index (χ2v) is 3.69. The predicted molar refractivity (Wildman–Crippen MR) is 55.8 cm³/mol. The van der Waals surface area contributed by atoms with Gasteiger partial charge in [0.1, 0.15) is 0 Å². The van der Waals surface area contributed by atoms with Gasteiger partial charge in [-0.1, -0.05) is 13.8 Å². The first-order valence-electron chi connectivity index (χ1n) is 4.17. The van der Waals surface area contributed by atoms with Crippen molar-refractivity contribution in [2.24, 2.45) is 0 Å². The Morgan fingerprint density at radius 1 is 1.50 bits per heavy atom. The third-order valence-corrected chi connectivity index (χ3v) is 2.27. The second kappa shape index (κ2) is 8.82. The molecule has 1 N–H and O–H groups in total. The van der Waals surface area contributed by atoms with Crippen LogP contribution in [0.3, 0.4) is 0 Å². The Morgan fingerprint density at radius 2 is 2.29 bits per heavy atom. The van der Waals surface area contributed by atoms with E-state index in [-0.39, 0.29) is 51.4 Å². The van der Waals surface area contributed by atoms with E-state index in [2.05, 4.69) is 46.9 Å². The first-order valence-corrected chi connectivity index (χ1v) is 5.12. The number of nitrogens with one attached hydrogen (secondary N) is 1. The molecule has 0 aliphatic rings. The Bertz CT molecular complexity index is 273. The van der Waals surface area contributed by atoms with Gasteiger partial charge in [-0.15, -0.1) is 6.20 Å². The van der Waals surface area contributed by atoms with Crippen molar-refractivity contribution in [3.8, 4) is 0 Å². The van der Waals surface area contributed by atoms with Crippen LogP contribution >= 0.6 is 11.3 Å². The zero-order chi connectivity index (χ0) is 9.52. The van der Waals surface area contributed by atoms with Crippen molar-refractivity contribution in [2.45, 2.75) is 19.8 Å². The van der Waals surface area contributed by atoms with Gasteiger partial charge in [0.15, 0.2) is 0 Å². The summed E-state index contributed by atoms with van der Waals surface area (Å²) in [4.78, 5) is 0. The van der Waals surface area contributed by atoms with Gasteiger partial charge < -0.3 is 11.2 Å². The molecule has 0 radical (unpaired) electrons. The van der Waals surface area contributed by atoms with Gasteiger partial charge >= 0.3 is 51.4 Å². The zero-order valence-electron chi connectivity index (χ0n) is 8.82. The maximum atomic E-state index is 3.54. The van der Waals surface area contributed by atoms with Crippen LogP contribution in [0.4, 0.5) is 0 Å². The van der Waals surface area contributed by atoms with Crippen LogP contribution in [0.5, 0.6) is 0 Å². The van der Waals surface area contributed by atoms with Gasteiger partial charge in [-0.25, -0.2) is 5.10 Å². The summed E-state index contributed by atoms with van der Waals surface area (Å²) in [5.41, 5.74) is 1.45. The largest absolute Gasteiger partial charge is 1.00 e. The SMILES string of the molecule is CC(C)c1ccsc1.[K+].[c-]1cn[nH]c1. The van der Waals surface area contributed by atoms with Crippen molar-refractivity contribution in [3.63, 3.8) is 0 Å². The average molecular weight is 232 g/mol. The minimum Gasteiger partial charge on any atom is -0.433 e. The normalized spacial score (nSPS) is 8.79. The molecule has 2 aromatic heterocycles. The molecular weight excluding hydrogens is 219 g/mol. The van der Waals surface area contributed by atoms with Crippen molar-refractivity contribution in [1.29, 1.82) is 0 Å². The molecule has 0 bridgehead atoms. The molecule has 0 saturated carbocycles. The third-order valence-electron chi connectivity index (χ3n) is 1.57. The van der Waals surface area contributed by atoms with Gasteiger partial charge in [-0.05, 0) is 28.3 Å². The van der Waals surface area contributed by atoms with E-state index >= 15 is 0 Å². The molecule has 2 rings (SSSR count). The first-order chi connectivity index (χ1) is 6.30. The van der Waals surface area contributed by atoms with Crippen LogP contribution in [0.1, 0.15) is 25.3 Å². The van der Waals surface area contributed by atoms with Gasteiger partial charge in [-0.2, -0.15) is 17.5 Å². The van der Waals surface area contributed by atoms with E-state index in [0.717, 1.165) is 0 Å². The number of H-pyrrole nitrogens is 1. The number of rotatable bonds is 1. The smallest absolute Gasteiger partial charge is 0.433 e. The molecule has 0 fully saturated rings. The molecule has 0 saturated heterocycles. The molecule has 2 nitrogen and oxygen atoms in total. The quantitative estimate of drug-likeness (QED) is 0.548. The summed E-state index contributed by atoms with van der Waals surface area (Å²) in [6.07, 6.45) is 3.21. The number of hydrogen-bond acceptors (Lipinski definition) is 2. The molecule has 0 aliphatic heterocycles. The Balaban J connectivity index is 0.000000246. The number of hydrogen-bond donors (Lipinski definition) is 1. The maximum Gasteiger partial charge on any atom is 1.00 e. The van der Waals surface area contributed by atoms with E-state index in [1.54, 1.807) is 23.7 Å². The summed E-state index contributed by atoms with van der Waals surface area (Å²) in [5, 5.41) is 10.4. The second-order valence-electron chi connectivity index (χ2n) is 2.91. The van der Waals surface area contributed by atoms with E-state index < -0.39 is 0 Å². The molecule has 70 valence electrons. The standard InChI is InChI=1S/C7H10S.C3H3N2.K/c1-6(2)7-3-4-8-5-7;1-2-4-5-3-1;/h3-6H,1-2H3;2-3H,(H,4,5);/q;-1;+1. The molecule has 0 atom stereocenters. The Morgan fingerprint density at radius 3 is 2.50 bits per heavy atom. The van der Waals surface area contributed by atoms with Crippen LogP contribution in [-0.4, -0.2) is 10.2 Å². The summed E-state index contributed by atoms with van der Waals surface area (Å²) < 4.78 is 0. The van der Waals surface area contributed by atoms with Gasteiger partial charge in [0, 0.05) is 0 Å². The predicted octanol–water partition coefficient (Wildman–Crippen LogP) is 0.0854. The van der Waals surface area contributed by atoms with Crippen LogP contribution in [-0.2, 0) is 0 Å². The number of aromatic nitrogens is 2. The van der Waals surface area contributed by atoms with E-state index in [4.69, 9.17) is 0 Å². The van der Waals surface area contributed by atoms with Crippen LogP contribution in [0.2, 0.25) is 0 Å². The van der Waals surface area contributed by atoms with E-state index in [1.807, 2.05) is 0 Å². The fourth-order valence-electron chi connectivity index (χ4n) is 0.790. The summed E-state index contributed by atoms with van der Waals surface area (Å²) in [6.45, 7) is 4.42. The summed E-state index contributed by atoms with van der Waals surface area (Å²) in [5.74, 6) is 0.696. The molecule has 2 aromatic rings. The van der Waals surface area contributed by atoms with Crippen molar-refractivity contribution in [2.75, 3.05) is 0 Å². The molecule has 2 heterocycles. The van der Waals surface area contributed by atoms with E-state index in [1.165, 1.54) is 5.56 Å². The minimum atomic E-state index is 0. The zero-order valence-corrected chi connectivity index (χ0v) is 12.8. The molecule has 0 spiro atoms. The van der Waals surface area contributed by atoms with Crippen LogP contribution in [0.25, 0.3) is 0 Å². The molecule has 4 heteroatoms. The monoisotopic (exact) mass is 232 g/mol. The van der Waals surface area contributed by atoms with Crippen molar-refractivity contribution in [3.05, 3.63) is 40.8 Å². The topological polar surface area (TPSA) is 28.7 Å². The molecule has 0 unspecified atom stereocenters. The van der Waals surface area contributed by atoms with Gasteiger partial charge in [0.05, 0.1) is 0 Å². The van der Waals surface area contributed by atoms with Gasteiger partial charge in [0.2, 0.25) is 0 Å². The first kappa shape index (κ1) is 14.5. The molecule has 0 aliphatic carbocycles. The van der Waals surface area contributed by atoms with E-state index in [0.29, 0.717) is 5.92 Å². The molecule has 0 aromatic carbocycles. The fraction of sp³-hybridized carbons (Fsp3) is 0.300. The maximum absolute atomic E-state index is 3.54. The van der Waals surface area contributed by atoms with Crippen molar-refractivity contribution in [1.82, 2.24) is 10.2 Å². The average Bonchev–Trinajstić information content (AvgIpc) is 2.82. The molecule has 14 heavy (non-hydrogen) atoms. The van der Waals surface area contributed by atoms with Crippen molar-refractivity contribution < 1.29 is 51.4 Å². The fourth-order valence-corrected chi connectivity index (χ4v) is 1.61. The molecular formula is C10H13KN2S. The number of aromatic amines is 1. The van der Waals surface area contributed by atoms with Crippen molar-refractivity contribution >= 4 is 11.3 Å². The summed E-state index contributed by atoms with van der Waals surface area (Å²) in [7, 11) is 0. The van der Waals surface area contributed by atoms with Gasteiger partial charge in [0.25, 0.3) is 0 Å². The van der Waals surface area contributed by atoms with Crippen LogP contribution in [0.15, 0.2) is 29.2 Å². The Kier molecular flexibility index (Phi) is 9.17. The molecule has 0 amide bonds. The van der Waals surface area contributed by atoms with E-state index in [9.17, 15) is 0 Å². The van der Waals surface area contributed by atoms with Gasteiger partial charge in [-0.3, -0.25) is 0 Å². The minimum absolute atomic E-state index is 0. The van der Waals surface area contributed by atoms with Crippen LogP contribution in [0, 0.1) is 6.07 Å². The number of nitrogens with zero attached hydrogens (tertiary/aromatic N) is 1. The van der Waals surface area contributed by atoms with Crippen LogP contribution < -0.4 is 51.4 Å². The Hall–Kier alpha value is 0.546. The summed E-state index contributed by atoms with van der Waals surface area (Å²) >= 11 is 1.77. The number of thiophene rings is 1. The summed E-state index contributed by atoms with van der Waals surface area (Å²) in [6, 6.07) is 4.87. The third kappa shape index (κ3) is 6.11. The Labute approximate surface area is 132 Å².